The first-order valence-corrected chi connectivity index (χ1v) is 6.61. The molecule has 1 atom stereocenters. The standard InChI is InChI=1S/C15H23NO/c1-16(2)11-12-17-15-10-6-4-8-13-7-3-5-9-14(13)15/h3,5,7,9,15H,4,6,8,10-12H2,1-2H3/t15-/m1/s1. The van der Waals surface area contributed by atoms with Crippen LogP contribution in [0.5, 0.6) is 0 Å². The monoisotopic (exact) mass is 233 g/mol. The zero-order valence-corrected chi connectivity index (χ0v) is 11.0. The Bertz CT molecular complexity index is 349. The lowest BCUT2D eigenvalue weighted by atomic mass is 10.0. The minimum Gasteiger partial charge on any atom is -0.372 e. The third-order valence-electron chi connectivity index (χ3n) is 3.42. The fourth-order valence-corrected chi connectivity index (χ4v) is 2.43. The molecule has 0 amide bonds. The number of likely N-dealkylation sites (N-methyl/N-ethyl adjacent to an activating group) is 1. The Morgan fingerprint density at radius 1 is 1.24 bits per heavy atom. The van der Waals surface area contributed by atoms with Crippen LogP contribution in [0, 0.1) is 0 Å². The van der Waals surface area contributed by atoms with Crippen LogP contribution < -0.4 is 0 Å². The fourth-order valence-electron chi connectivity index (χ4n) is 2.43. The first-order chi connectivity index (χ1) is 8.27. The topological polar surface area (TPSA) is 12.5 Å². The molecule has 0 N–H and O–H groups in total. The van der Waals surface area contributed by atoms with Gasteiger partial charge in [-0.2, -0.15) is 0 Å². The fraction of sp³-hybridized carbons (Fsp3) is 0.600. The zero-order valence-electron chi connectivity index (χ0n) is 11.0. The van der Waals surface area contributed by atoms with Crippen molar-refractivity contribution in [3.8, 4) is 0 Å². The summed E-state index contributed by atoms with van der Waals surface area (Å²) in [4.78, 5) is 2.17. The number of benzene rings is 1. The Morgan fingerprint density at radius 2 is 2.06 bits per heavy atom. The second kappa shape index (κ2) is 6.18. The van der Waals surface area contributed by atoms with E-state index in [1.54, 1.807) is 0 Å². The maximum atomic E-state index is 6.06. The largest absolute Gasteiger partial charge is 0.372 e. The van der Waals surface area contributed by atoms with Crippen molar-refractivity contribution in [3.05, 3.63) is 35.4 Å². The molecule has 0 bridgehead atoms. The SMILES string of the molecule is CN(C)CCO[C@@H]1CCCCc2ccccc21. The second-order valence-electron chi connectivity index (χ2n) is 5.11. The molecular formula is C15H23NO. The highest BCUT2D eigenvalue weighted by Gasteiger charge is 2.18. The molecule has 1 aliphatic carbocycles. The highest BCUT2D eigenvalue weighted by atomic mass is 16.5. The maximum absolute atomic E-state index is 6.06. The molecule has 0 heterocycles. The van der Waals surface area contributed by atoms with Crippen LogP contribution in [-0.2, 0) is 11.2 Å². The summed E-state index contributed by atoms with van der Waals surface area (Å²) < 4.78 is 6.06. The van der Waals surface area contributed by atoms with Gasteiger partial charge in [0.1, 0.15) is 0 Å². The van der Waals surface area contributed by atoms with Crippen LogP contribution in [0.4, 0.5) is 0 Å². The molecule has 17 heavy (non-hydrogen) atoms. The van der Waals surface area contributed by atoms with Gasteiger partial charge in [-0.05, 0) is 44.5 Å². The van der Waals surface area contributed by atoms with E-state index in [-0.39, 0.29) is 0 Å². The molecule has 0 unspecified atom stereocenters. The van der Waals surface area contributed by atoms with E-state index in [4.69, 9.17) is 4.74 Å². The van der Waals surface area contributed by atoms with Crippen LogP contribution in [-0.4, -0.2) is 32.1 Å². The van der Waals surface area contributed by atoms with E-state index >= 15 is 0 Å². The summed E-state index contributed by atoms with van der Waals surface area (Å²) in [6, 6.07) is 8.76. The third-order valence-corrected chi connectivity index (χ3v) is 3.42. The molecular weight excluding hydrogens is 210 g/mol. The average molecular weight is 233 g/mol. The summed E-state index contributed by atoms with van der Waals surface area (Å²) in [6.45, 7) is 1.82. The molecule has 2 heteroatoms. The molecule has 2 nitrogen and oxygen atoms in total. The van der Waals surface area contributed by atoms with E-state index < -0.39 is 0 Å². The highest BCUT2D eigenvalue weighted by molar-refractivity contribution is 5.30. The summed E-state index contributed by atoms with van der Waals surface area (Å²) in [5.74, 6) is 0. The van der Waals surface area contributed by atoms with Gasteiger partial charge in [0.15, 0.2) is 0 Å². The lowest BCUT2D eigenvalue weighted by molar-refractivity contribution is 0.0376. The average Bonchev–Trinajstić information content (AvgIpc) is 2.52. The maximum Gasteiger partial charge on any atom is 0.0828 e. The van der Waals surface area contributed by atoms with E-state index in [0.717, 1.165) is 13.2 Å². The van der Waals surface area contributed by atoms with Crippen molar-refractivity contribution in [1.82, 2.24) is 4.90 Å². The van der Waals surface area contributed by atoms with Gasteiger partial charge in [-0.15, -0.1) is 0 Å². The van der Waals surface area contributed by atoms with Gasteiger partial charge in [0.05, 0.1) is 12.7 Å². The van der Waals surface area contributed by atoms with E-state index in [1.807, 2.05) is 0 Å². The molecule has 0 saturated heterocycles. The molecule has 0 fully saturated rings. The van der Waals surface area contributed by atoms with E-state index in [0.29, 0.717) is 6.10 Å². The molecule has 0 radical (unpaired) electrons. The van der Waals surface area contributed by atoms with Crippen LogP contribution >= 0.6 is 0 Å². The first-order valence-electron chi connectivity index (χ1n) is 6.61. The van der Waals surface area contributed by atoms with E-state index in [2.05, 4.69) is 43.3 Å². The molecule has 0 aliphatic heterocycles. The number of fused-ring (bicyclic) bond motifs is 1. The number of ether oxygens (including phenoxy) is 1. The van der Waals surface area contributed by atoms with Crippen molar-refractivity contribution in [1.29, 1.82) is 0 Å². The molecule has 1 aromatic carbocycles. The van der Waals surface area contributed by atoms with Gasteiger partial charge in [0.25, 0.3) is 0 Å². The Labute approximate surface area is 105 Å². The Balaban J connectivity index is 2.01. The highest BCUT2D eigenvalue weighted by Crippen LogP contribution is 2.31. The third kappa shape index (κ3) is 3.55. The van der Waals surface area contributed by atoms with Gasteiger partial charge in [-0.1, -0.05) is 30.7 Å². The summed E-state index contributed by atoms with van der Waals surface area (Å²) >= 11 is 0. The molecule has 94 valence electrons. The summed E-state index contributed by atoms with van der Waals surface area (Å²) in [5.41, 5.74) is 2.91. The summed E-state index contributed by atoms with van der Waals surface area (Å²) in [7, 11) is 4.18. The molecule has 1 aromatic rings. The van der Waals surface area contributed by atoms with Crippen LogP contribution in [0.2, 0.25) is 0 Å². The van der Waals surface area contributed by atoms with Gasteiger partial charge in [0, 0.05) is 6.54 Å². The molecule has 2 rings (SSSR count). The van der Waals surface area contributed by atoms with Gasteiger partial charge < -0.3 is 9.64 Å². The number of rotatable bonds is 4. The molecule has 0 spiro atoms. The van der Waals surface area contributed by atoms with E-state index in [9.17, 15) is 0 Å². The van der Waals surface area contributed by atoms with Crippen molar-refractivity contribution in [2.45, 2.75) is 31.8 Å². The van der Waals surface area contributed by atoms with Crippen molar-refractivity contribution >= 4 is 0 Å². The number of aryl methyl sites for hydroxylation is 1. The van der Waals surface area contributed by atoms with Gasteiger partial charge in [-0.25, -0.2) is 0 Å². The molecule has 0 aromatic heterocycles. The van der Waals surface area contributed by atoms with E-state index in [1.165, 1.54) is 36.8 Å². The Kier molecular flexibility index (Phi) is 4.57. The van der Waals surface area contributed by atoms with Crippen LogP contribution in [0.1, 0.15) is 36.5 Å². The second-order valence-corrected chi connectivity index (χ2v) is 5.11. The van der Waals surface area contributed by atoms with Crippen LogP contribution in [0.15, 0.2) is 24.3 Å². The number of nitrogens with zero attached hydrogens (tertiary/aromatic N) is 1. The first kappa shape index (κ1) is 12.6. The predicted molar refractivity (Wildman–Crippen MR) is 71.2 cm³/mol. The number of hydrogen-bond acceptors (Lipinski definition) is 2. The summed E-state index contributed by atoms with van der Waals surface area (Å²) in [5, 5.41) is 0. The Hall–Kier alpha value is -0.860. The normalized spacial score (nSPS) is 20.1. The predicted octanol–water partition coefficient (Wildman–Crippen LogP) is 3.03. The van der Waals surface area contributed by atoms with Crippen molar-refractivity contribution < 1.29 is 4.74 Å². The number of hydrogen-bond donors (Lipinski definition) is 0. The van der Waals surface area contributed by atoms with Gasteiger partial charge in [0.2, 0.25) is 0 Å². The van der Waals surface area contributed by atoms with Crippen molar-refractivity contribution in [2.75, 3.05) is 27.2 Å². The zero-order chi connectivity index (χ0) is 12.1. The Morgan fingerprint density at radius 3 is 2.88 bits per heavy atom. The lowest BCUT2D eigenvalue weighted by Gasteiger charge is -2.19. The lowest BCUT2D eigenvalue weighted by Crippen LogP contribution is -2.19. The smallest absolute Gasteiger partial charge is 0.0828 e. The molecule has 0 saturated carbocycles. The van der Waals surface area contributed by atoms with Gasteiger partial charge >= 0.3 is 0 Å². The van der Waals surface area contributed by atoms with Crippen molar-refractivity contribution in [3.63, 3.8) is 0 Å². The minimum absolute atomic E-state index is 0.314. The van der Waals surface area contributed by atoms with Crippen LogP contribution in [0.3, 0.4) is 0 Å². The van der Waals surface area contributed by atoms with Crippen molar-refractivity contribution in [2.24, 2.45) is 0 Å². The minimum atomic E-state index is 0.314. The molecule has 1 aliphatic rings. The summed E-state index contributed by atoms with van der Waals surface area (Å²) in [6.07, 6.45) is 5.27. The van der Waals surface area contributed by atoms with Crippen LogP contribution in [0.25, 0.3) is 0 Å². The van der Waals surface area contributed by atoms with Gasteiger partial charge in [-0.3, -0.25) is 0 Å². The quantitative estimate of drug-likeness (QED) is 0.741.